The number of fused-ring (bicyclic) bond motifs is 1. The second-order valence-corrected chi connectivity index (χ2v) is 7.58. The SMILES string of the molecule is COc1cccc(OCC(=O)N(Cc2ccccn2)c2nc3c(OC)cccc3s2)c1. The van der Waals surface area contributed by atoms with Crippen LogP contribution in [0.5, 0.6) is 17.2 Å². The summed E-state index contributed by atoms with van der Waals surface area (Å²) in [7, 11) is 3.19. The summed E-state index contributed by atoms with van der Waals surface area (Å²) in [5.74, 6) is 1.65. The Morgan fingerprint density at radius 1 is 1.00 bits per heavy atom. The van der Waals surface area contributed by atoms with Crippen LogP contribution in [0.3, 0.4) is 0 Å². The van der Waals surface area contributed by atoms with Crippen LogP contribution in [0.1, 0.15) is 5.69 Å². The van der Waals surface area contributed by atoms with Crippen molar-refractivity contribution in [3.8, 4) is 17.2 Å². The highest BCUT2D eigenvalue weighted by Gasteiger charge is 2.22. The Hall–Kier alpha value is -3.65. The van der Waals surface area contributed by atoms with Crippen molar-refractivity contribution in [1.82, 2.24) is 9.97 Å². The first kappa shape index (κ1) is 20.6. The maximum atomic E-state index is 13.2. The van der Waals surface area contributed by atoms with Crippen LogP contribution in [0.2, 0.25) is 0 Å². The van der Waals surface area contributed by atoms with Crippen molar-refractivity contribution in [3.05, 3.63) is 72.6 Å². The van der Waals surface area contributed by atoms with Crippen LogP contribution in [0, 0.1) is 0 Å². The molecule has 8 heteroatoms. The highest BCUT2D eigenvalue weighted by atomic mass is 32.1. The van der Waals surface area contributed by atoms with Crippen molar-refractivity contribution < 1.29 is 19.0 Å². The molecule has 0 atom stereocenters. The molecule has 0 saturated carbocycles. The number of ether oxygens (including phenoxy) is 3. The highest BCUT2D eigenvalue weighted by molar-refractivity contribution is 7.22. The molecule has 2 aromatic carbocycles. The van der Waals surface area contributed by atoms with Gasteiger partial charge in [-0.2, -0.15) is 0 Å². The standard InChI is InChI=1S/C23H21N3O4S/c1-28-17-8-5-9-18(13-17)30-15-21(27)26(14-16-7-3-4-12-24-16)23-25-22-19(29-2)10-6-11-20(22)31-23/h3-13H,14-15H2,1-2H3. The van der Waals surface area contributed by atoms with E-state index in [0.717, 1.165) is 15.9 Å². The van der Waals surface area contributed by atoms with Gasteiger partial charge in [-0.1, -0.05) is 29.5 Å². The third-order valence-electron chi connectivity index (χ3n) is 4.57. The number of amides is 1. The molecule has 0 radical (unpaired) electrons. The summed E-state index contributed by atoms with van der Waals surface area (Å²) in [6.07, 6.45) is 1.70. The van der Waals surface area contributed by atoms with Crippen LogP contribution in [-0.2, 0) is 11.3 Å². The lowest BCUT2D eigenvalue weighted by molar-refractivity contribution is -0.120. The number of carbonyl (C=O) groups excluding carboxylic acids is 1. The number of thiazole rings is 1. The van der Waals surface area contributed by atoms with Gasteiger partial charge in [-0.25, -0.2) is 4.98 Å². The van der Waals surface area contributed by atoms with Crippen molar-refractivity contribution in [2.75, 3.05) is 25.7 Å². The Labute approximate surface area is 183 Å². The summed E-state index contributed by atoms with van der Waals surface area (Å²) in [5.41, 5.74) is 1.47. The Balaban J connectivity index is 1.61. The average molecular weight is 436 g/mol. The summed E-state index contributed by atoms with van der Waals surface area (Å²) in [5, 5.41) is 0.560. The molecule has 158 valence electrons. The molecule has 2 aromatic heterocycles. The van der Waals surface area contributed by atoms with E-state index < -0.39 is 0 Å². The van der Waals surface area contributed by atoms with Crippen molar-refractivity contribution in [2.45, 2.75) is 6.54 Å². The molecule has 4 rings (SSSR count). The molecule has 4 aromatic rings. The molecule has 31 heavy (non-hydrogen) atoms. The number of rotatable bonds is 8. The van der Waals surface area contributed by atoms with E-state index >= 15 is 0 Å². The Morgan fingerprint density at radius 3 is 2.61 bits per heavy atom. The highest BCUT2D eigenvalue weighted by Crippen LogP contribution is 2.34. The van der Waals surface area contributed by atoms with Crippen LogP contribution in [0.15, 0.2) is 66.9 Å². The van der Waals surface area contributed by atoms with Gasteiger partial charge < -0.3 is 14.2 Å². The molecule has 0 N–H and O–H groups in total. The zero-order valence-corrected chi connectivity index (χ0v) is 18.0. The van der Waals surface area contributed by atoms with Crippen molar-refractivity contribution >= 4 is 32.6 Å². The summed E-state index contributed by atoms with van der Waals surface area (Å²) < 4.78 is 17.3. The van der Waals surface area contributed by atoms with E-state index in [1.54, 1.807) is 37.4 Å². The van der Waals surface area contributed by atoms with Crippen LogP contribution < -0.4 is 19.1 Å². The zero-order chi connectivity index (χ0) is 21.6. The second kappa shape index (κ2) is 9.44. The number of methoxy groups -OCH3 is 2. The first-order chi connectivity index (χ1) is 15.2. The number of pyridine rings is 1. The minimum Gasteiger partial charge on any atom is -0.497 e. The molecule has 0 aliphatic heterocycles. The van der Waals surface area contributed by atoms with Gasteiger partial charge in [-0.3, -0.25) is 14.7 Å². The molecule has 0 bridgehead atoms. The van der Waals surface area contributed by atoms with Gasteiger partial charge in [0.1, 0.15) is 22.8 Å². The van der Waals surface area contributed by atoms with Crippen LogP contribution in [0.4, 0.5) is 5.13 Å². The lowest BCUT2D eigenvalue weighted by Crippen LogP contribution is -2.34. The average Bonchev–Trinajstić information content (AvgIpc) is 3.26. The molecular formula is C23H21N3O4S. The fraction of sp³-hybridized carbons (Fsp3) is 0.174. The second-order valence-electron chi connectivity index (χ2n) is 6.57. The molecule has 0 aliphatic carbocycles. The minimum atomic E-state index is -0.230. The van der Waals surface area contributed by atoms with Crippen molar-refractivity contribution in [3.63, 3.8) is 0 Å². The van der Waals surface area contributed by atoms with Gasteiger partial charge >= 0.3 is 0 Å². The summed E-state index contributed by atoms with van der Waals surface area (Å²) in [6.45, 7) is 0.135. The van der Waals surface area contributed by atoms with Crippen LogP contribution in [0.25, 0.3) is 10.2 Å². The normalized spacial score (nSPS) is 10.6. The molecule has 0 spiro atoms. The fourth-order valence-corrected chi connectivity index (χ4v) is 4.02. The van der Waals surface area contributed by atoms with Crippen molar-refractivity contribution in [1.29, 1.82) is 0 Å². The Bertz CT molecular complexity index is 1180. The topological polar surface area (TPSA) is 73.8 Å². The minimum absolute atomic E-state index is 0.146. The first-order valence-corrected chi connectivity index (χ1v) is 10.4. The number of benzene rings is 2. The number of aromatic nitrogens is 2. The maximum Gasteiger partial charge on any atom is 0.267 e. The lowest BCUT2D eigenvalue weighted by atomic mass is 10.3. The molecular weight excluding hydrogens is 414 g/mol. The number of hydrogen-bond donors (Lipinski definition) is 0. The van der Waals surface area contributed by atoms with E-state index in [4.69, 9.17) is 14.2 Å². The smallest absolute Gasteiger partial charge is 0.267 e. The predicted octanol–water partition coefficient (Wildman–Crippen LogP) is 4.32. The summed E-state index contributed by atoms with van der Waals surface area (Å²) in [4.78, 5) is 23.8. The molecule has 2 heterocycles. The monoisotopic (exact) mass is 435 g/mol. The van der Waals surface area contributed by atoms with Gasteiger partial charge in [0, 0.05) is 12.3 Å². The number of carbonyl (C=O) groups is 1. The third-order valence-corrected chi connectivity index (χ3v) is 5.62. The van der Waals surface area contributed by atoms with Gasteiger partial charge in [0.15, 0.2) is 11.7 Å². The summed E-state index contributed by atoms with van der Waals surface area (Å²) in [6, 6.07) is 18.4. The largest absolute Gasteiger partial charge is 0.497 e. The van der Waals surface area contributed by atoms with E-state index in [9.17, 15) is 4.79 Å². The third kappa shape index (κ3) is 4.75. The van der Waals surface area contributed by atoms with Gasteiger partial charge in [0.05, 0.1) is 31.2 Å². The predicted molar refractivity (Wildman–Crippen MR) is 120 cm³/mol. The van der Waals surface area contributed by atoms with Gasteiger partial charge in [0.25, 0.3) is 5.91 Å². The van der Waals surface area contributed by atoms with Crippen LogP contribution >= 0.6 is 11.3 Å². The summed E-state index contributed by atoms with van der Waals surface area (Å²) >= 11 is 1.42. The maximum absolute atomic E-state index is 13.2. The van der Waals surface area contributed by atoms with Gasteiger partial charge in [0.2, 0.25) is 0 Å². The van der Waals surface area contributed by atoms with E-state index in [-0.39, 0.29) is 19.1 Å². The van der Waals surface area contributed by atoms with Gasteiger partial charge in [-0.15, -0.1) is 0 Å². The van der Waals surface area contributed by atoms with E-state index in [1.807, 2.05) is 48.5 Å². The number of anilines is 1. The van der Waals surface area contributed by atoms with Crippen LogP contribution in [-0.4, -0.2) is 36.7 Å². The quantitative estimate of drug-likeness (QED) is 0.410. The zero-order valence-electron chi connectivity index (χ0n) is 17.1. The Kier molecular flexibility index (Phi) is 6.28. The molecule has 0 saturated heterocycles. The Morgan fingerprint density at radius 2 is 1.84 bits per heavy atom. The number of nitrogens with zero attached hydrogens (tertiary/aromatic N) is 3. The molecule has 0 unspecified atom stereocenters. The molecule has 1 amide bonds. The molecule has 0 fully saturated rings. The van der Waals surface area contributed by atoms with Gasteiger partial charge in [-0.05, 0) is 36.4 Å². The number of para-hydroxylation sites is 1. The number of hydrogen-bond acceptors (Lipinski definition) is 7. The fourth-order valence-electron chi connectivity index (χ4n) is 3.02. The molecule has 0 aliphatic rings. The van der Waals surface area contributed by atoms with E-state index in [1.165, 1.54) is 11.3 Å². The first-order valence-electron chi connectivity index (χ1n) is 9.58. The van der Waals surface area contributed by atoms with E-state index in [2.05, 4.69) is 9.97 Å². The lowest BCUT2D eigenvalue weighted by Gasteiger charge is -2.19. The van der Waals surface area contributed by atoms with E-state index in [0.29, 0.717) is 22.4 Å². The van der Waals surface area contributed by atoms with Crippen molar-refractivity contribution in [2.24, 2.45) is 0 Å². The molecule has 7 nitrogen and oxygen atoms in total.